The first-order valence-electron chi connectivity index (χ1n) is 5.21. The van der Waals surface area contributed by atoms with Crippen LogP contribution in [0.1, 0.15) is 21.7 Å². The molecule has 90 valence electrons. The van der Waals surface area contributed by atoms with Gasteiger partial charge in [0.05, 0.1) is 17.9 Å². The van der Waals surface area contributed by atoms with Crippen molar-refractivity contribution in [2.24, 2.45) is 0 Å². The zero-order valence-corrected chi connectivity index (χ0v) is 9.31. The number of rotatable bonds is 3. The predicted molar refractivity (Wildman–Crippen MR) is 61.0 cm³/mol. The van der Waals surface area contributed by atoms with E-state index in [4.69, 9.17) is 9.68 Å². The Kier molecular flexibility index (Phi) is 3.39. The summed E-state index contributed by atoms with van der Waals surface area (Å²) in [5, 5.41) is 11.1. The molecule has 0 saturated heterocycles. The third-order valence-electron chi connectivity index (χ3n) is 2.37. The Hall–Kier alpha value is -2.61. The van der Waals surface area contributed by atoms with Gasteiger partial charge in [-0.05, 0) is 24.3 Å². The summed E-state index contributed by atoms with van der Waals surface area (Å²) in [6.45, 7) is 0.0388. The van der Waals surface area contributed by atoms with Gasteiger partial charge in [-0.3, -0.25) is 4.79 Å². The zero-order valence-electron chi connectivity index (χ0n) is 9.31. The number of furan rings is 1. The van der Waals surface area contributed by atoms with Crippen LogP contribution in [-0.4, -0.2) is 5.91 Å². The van der Waals surface area contributed by atoms with E-state index >= 15 is 0 Å². The average Bonchev–Trinajstić information content (AvgIpc) is 2.90. The molecule has 2 rings (SSSR count). The molecule has 0 fully saturated rings. The highest BCUT2D eigenvalue weighted by atomic mass is 19.1. The highest BCUT2D eigenvalue weighted by Gasteiger charge is 2.09. The lowest BCUT2D eigenvalue weighted by Crippen LogP contribution is -2.22. The zero-order chi connectivity index (χ0) is 13.0. The first kappa shape index (κ1) is 11.9. The van der Waals surface area contributed by atoms with Gasteiger partial charge in [0.2, 0.25) is 0 Å². The summed E-state index contributed by atoms with van der Waals surface area (Å²) in [5.74, 6) is -0.762. The van der Waals surface area contributed by atoms with E-state index in [0.717, 1.165) is 6.07 Å². The lowest BCUT2D eigenvalue weighted by atomic mass is 10.1. The van der Waals surface area contributed by atoms with E-state index in [2.05, 4.69) is 5.32 Å². The molecule has 4 nitrogen and oxygen atoms in total. The number of halogens is 1. The van der Waals surface area contributed by atoms with E-state index < -0.39 is 11.7 Å². The van der Waals surface area contributed by atoms with E-state index in [1.54, 1.807) is 6.07 Å². The van der Waals surface area contributed by atoms with Crippen molar-refractivity contribution >= 4 is 5.91 Å². The Morgan fingerprint density at radius 2 is 2.28 bits per heavy atom. The molecule has 1 aromatic carbocycles. The Labute approximate surface area is 103 Å². The molecule has 18 heavy (non-hydrogen) atoms. The molecular weight excluding hydrogens is 235 g/mol. The van der Waals surface area contributed by atoms with E-state index in [1.165, 1.54) is 24.5 Å². The molecule has 0 aliphatic heterocycles. The normalized spacial score (nSPS) is 9.78. The summed E-state index contributed by atoms with van der Waals surface area (Å²) < 4.78 is 18.4. The van der Waals surface area contributed by atoms with Gasteiger partial charge in [-0.25, -0.2) is 4.39 Å². The van der Waals surface area contributed by atoms with Crippen molar-refractivity contribution in [2.45, 2.75) is 6.54 Å². The van der Waals surface area contributed by atoms with Crippen molar-refractivity contribution in [3.63, 3.8) is 0 Å². The summed E-state index contributed by atoms with van der Waals surface area (Å²) in [5.41, 5.74) is 0.558. The van der Waals surface area contributed by atoms with Crippen LogP contribution in [0.5, 0.6) is 0 Å². The van der Waals surface area contributed by atoms with E-state index in [-0.39, 0.29) is 17.9 Å². The molecule has 2 aromatic rings. The topological polar surface area (TPSA) is 66.0 Å². The number of carbonyl (C=O) groups excluding carboxylic acids is 1. The molecule has 5 heteroatoms. The van der Waals surface area contributed by atoms with Crippen molar-refractivity contribution in [3.8, 4) is 6.07 Å². The van der Waals surface area contributed by atoms with Crippen LogP contribution in [0.25, 0.3) is 0 Å². The minimum Gasteiger partial charge on any atom is -0.459 e. The molecule has 0 saturated carbocycles. The molecule has 1 N–H and O–H groups in total. The van der Waals surface area contributed by atoms with Crippen LogP contribution in [0, 0.1) is 17.1 Å². The van der Waals surface area contributed by atoms with E-state index in [0.29, 0.717) is 5.56 Å². The largest absolute Gasteiger partial charge is 0.459 e. The smallest absolute Gasteiger partial charge is 0.287 e. The quantitative estimate of drug-likeness (QED) is 0.900. The van der Waals surface area contributed by atoms with Gasteiger partial charge in [-0.15, -0.1) is 0 Å². The average molecular weight is 244 g/mol. The summed E-state index contributed by atoms with van der Waals surface area (Å²) in [6.07, 6.45) is 1.39. The maximum absolute atomic E-state index is 13.5. The number of hydrogen-bond donors (Lipinski definition) is 1. The lowest BCUT2D eigenvalue weighted by Gasteiger charge is -2.04. The summed E-state index contributed by atoms with van der Waals surface area (Å²) in [6, 6.07) is 9.05. The van der Waals surface area contributed by atoms with Crippen molar-refractivity contribution in [2.75, 3.05) is 0 Å². The van der Waals surface area contributed by atoms with Crippen LogP contribution in [0.4, 0.5) is 4.39 Å². The molecule has 0 radical (unpaired) electrons. The number of carbonyl (C=O) groups is 1. The van der Waals surface area contributed by atoms with Gasteiger partial charge in [-0.1, -0.05) is 6.07 Å². The number of nitriles is 1. The molecular formula is C13H9FN2O2. The highest BCUT2D eigenvalue weighted by molar-refractivity contribution is 5.91. The maximum Gasteiger partial charge on any atom is 0.287 e. The first-order chi connectivity index (χ1) is 8.70. The molecule has 0 aliphatic carbocycles. The van der Waals surface area contributed by atoms with Crippen molar-refractivity contribution in [1.29, 1.82) is 5.26 Å². The second kappa shape index (κ2) is 5.15. The number of nitrogens with zero attached hydrogens (tertiary/aromatic N) is 1. The minimum absolute atomic E-state index is 0.0388. The van der Waals surface area contributed by atoms with Gasteiger partial charge < -0.3 is 9.73 Å². The van der Waals surface area contributed by atoms with Gasteiger partial charge in [0.15, 0.2) is 5.76 Å². The molecule has 0 spiro atoms. The molecule has 0 aliphatic rings. The predicted octanol–water partition coefficient (Wildman–Crippen LogP) is 2.22. The third-order valence-corrected chi connectivity index (χ3v) is 2.37. The molecule has 0 atom stereocenters. The molecule has 1 aromatic heterocycles. The second-order valence-electron chi connectivity index (χ2n) is 3.58. The van der Waals surface area contributed by atoms with Crippen LogP contribution in [0.2, 0.25) is 0 Å². The Morgan fingerprint density at radius 1 is 1.44 bits per heavy atom. The van der Waals surface area contributed by atoms with Crippen LogP contribution >= 0.6 is 0 Å². The van der Waals surface area contributed by atoms with Gasteiger partial charge in [0, 0.05) is 12.1 Å². The second-order valence-corrected chi connectivity index (χ2v) is 3.58. The number of nitrogens with one attached hydrogen (secondary N) is 1. The fourth-order valence-corrected chi connectivity index (χ4v) is 1.43. The lowest BCUT2D eigenvalue weighted by molar-refractivity contribution is 0.0923. The van der Waals surface area contributed by atoms with Gasteiger partial charge in [-0.2, -0.15) is 5.26 Å². The van der Waals surface area contributed by atoms with Gasteiger partial charge >= 0.3 is 0 Å². The number of hydrogen-bond acceptors (Lipinski definition) is 3. The molecule has 0 bridgehead atoms. The van der Waals surface area contributed by atoms with Crippen molar-refractivity contribution < 1.29 is 13.6 Å². The number of amides is 1. The van der Waals surface area contributed by atoms with Gasteiger partial charge in [0.1, 0.15) is 5.82 Å². The summed E-state index contributed by atoms with van der Waals surface area (Å²) >= 11 is 0. The molecule has 1 amide bonds. The SMILES string of the molecule is N#Cc1ccc(CNC(=O)c2ccco2)c(F)c1. The fourth-order valence-electron chi connectivity index (χ4n) is 1.43. The van der Waals surface area contributed by atoms with E-state index in [1.807, 2.05) is 6.07 Å². The molecule has 1 heterocycles. The monoisotopic (exact) mass is 244 g/mol. The van der Waals surface area contributed by atoms with Crippen LogP contribution in [-0.2, 0) is 6.54 Å². The standard InChI is InChI=1S/C13H9FN2O2/c14-11-6-9(7-15)3-4-10(11)8-16-13(17)12-2-1-5-18-12/h1-6H,8H2,(H,16,17). The highest BCUT2D eigenvalue weighted by Crippen LogP contribution is 2.10. The Bertz CT molecular complexity index is 600. The van der Waals surface area contributed by atoms with Crippen molar-refractivity contribution in [1.82, 2.24) is 5.32 Å². The van der Waals surface area contributed by atoms with Gasteiger partial charge in [0.25, 0.3) is 5.91 Å². The van der Waals surface area contributed by atoms with E-state index in [9.17, 15) is 9.18 Å². The Morgan fingerprint density at radius 3 is 2.89 bits per heavy atom. The van der Waals surface area contributed by atoms with Crippen LogP contribution in [0.3, 0.4) is 0 Å². The summed E-state index contributed by atoms with van der Waals surface area (Å²) in [7, 11) is 0. The van der Waals surface area contributed by atoms with Crippen LogP contribution < -0.4 is 5.32 Å². The first-order valence-corrected chi connectivity index (χ1v) is 5.21. The maximum atomic E-state index is 13.5. The molecule has 0 unspecified atom stereocenters. The van der Waals surface area contributed by atoms with Crippen molar-refractivity contribution in [3.05, 3.63) is 59.3 Å². The summed E-state index contributed by atoms with van der Waals surface area (Å²) in [4.78, 5) is 11.5. The fraction of sp³-hybridized carbons (Fsp3) is 0.0769. The van der Waals surface area contributed by atoms with Crippen LogP contribution in [0.15, 0.2) is 41.0 Å². The minimum atomic E-state index is -0.520. The number of benzene rings is 1. The Balaban J connectivity index is 2.03. The third kappa shape index (κ3) is 2.55.